The summed E-state index contributed by atoms with van der Waals surface area (Å²) in [6, 6.07) is 10.5. The maximum Gasteiger partial charge on any atom is 0.223 e. The molecule has 1 N–H and O–H groups in total. The molecular formula is C19H23FN2O2. The Morgan fingerprint density at radius 3 is 2.96 bits per heavy atom. The third kappa shape index (κ3) is 3.85. The van der Waals surface area contributed by atoms with Gasteiger partial charge in [-0.25, -0.2) is 4.39 Å². The van der Waals surface area contributed by atoms with Crippen LogP contribution in [0.5, 0.6) is 0 Å². The van der Waals surface area contributed by atoms with Gasteiger partial charge in [0.25, 0.3) is 0 Å². The SMILES string of the molecule is CNC1CCCN(C(=O)CCc2ccc(-c3ccccc3F)o2)C1. The maximum atomic E-state index is 13.8. The van der Waals surface area contributed by atoms with E-state index in [1.54, 1.807) is 24.3 Å². The van der Waals surface area contributed by atoms with Gasteiger partial charge in [-0.3, -0.25) is 4.79 Å². The second kappa shape index (κ2) is 7.62. The van der Waals surface area contributed by atoms with Gasteiger partial charge in [0, 0.05) is 32.0 Å². The molecule has 128 valence electrons. The first-order valence-corrected chi connectivity index (χ1v) is 8.46. The molecule has 1 saturated heterocycles. The number of amides is 1. The van der Waals surface area contributed by atoms with Crippen molar-refractivity contribution in [2.24, 2.45) is 0 Å². The van der Waals surface area contributed by atoms with Crippen molar-refractivity contribution in [1.82, 2.24) is 10.2 Å². The van der Waals surface area contributed by atoms with Gasteiger partial charge in [-0.2, -0.15) is 0 Å². The number of aryl methyl sites for hydroxylation is 1. The van der Waals surface area contributed by atoms with E-state index >= 15 is 0 Å². The normalized spacial score (nSPS) is 17.9. The quantitative estimate of drug-likeness (QED) is 0.915. The lowest BCUT2D eigenvalue weighted by molar-refractivity contribution is -0.132. The summed E-state index contributed by atoms with van der Waals surface area (Å²) in [5.74, 6) is 1.06. The van der Waals surface area contributed by atoms with Crippen molar-refractivity contribution in [2.75, 3.05) is 20.1 Å². The summed E-state index contributed by atoms with van der Waals surface area (Å²) in [6.45, 7) is 1.60. The molecule has 4 nitrogen and oxygen atoms in total. The molecule has 0 spiro atoms. The Labute approximate surface area is 141 Å². The number of nitrogens with one attached hydrogen (secondary N) is 1. The Balaban J connectivity index is 1.57. The molecule has 5 heteroatoms. The molecule has 0 aliphatic carbocycles. The van der Waals surface area contributed by atoms with Crippen molar-refractivity contribution in [2.45, 2.75) is 31.7 Å². The monoisotopic (exact) mass is 330 g/mol. The van der Waals surface area contributed by atoms with Crippen LogP contribution in [0, 0.1) is 5.82 Å². The number of halogens is 1. The number of piperidine rings is 1. The van der Waals surface area contributed by atoms with Crippen LogP contribution < -0.4 is 5.32 Å². The third-order valence-electron chi connectivity index (χ3n) is 4.57. The Morgan fingerprint density at radius 2 is 2.17 bits per heavy atom. The van der Waals surface area contributed by atoms with E-state index in [0.717, 1.165) is 25.9 Å². The molecule has 0 bridgehead atoms. The molecule has 1 amide bonds. The van der Waals surface area contributed by atoms with Gasteiger partial charge in [-0.15, -0.1) is 0 Å². The topological polar surface area (TPSA) is 45.5 Å². The lowest BCUT2D eigenvalue weighted by Crippen LogP contribution is -2.47. The molecule has 0 saturated carbocycles. The highest BCUT2D eigenvalue weighted by Crippen LogP contribution is 2.25. The predicted molar refractivity (Wildman–Crippen MR) is 91.1 cm³/mol. The van der Waals surface area contributed by atoms with Gasteiger partial charge in [0.2, 0.25) is 5.91 Å². The summed E-state index contributed by atoms with van der Waals surface area (Å²) in [5, 5.41) is 3.24. The summed E-state index contributed by atoms with van der Waals surface area (Å²) in [4.78, 5) is 14.3. The molecule has 1 aliphatic rings. The number of hydrogen-bond donors (Lipinski definition) is 1. The van der Waals surface area contributed by atoms with Crippen molar-refractivity contribution in [3.8, 4) is 11.3 Å². The summed E-state index contributed by atoms with van der Waals surface area (Å²) in [5.41, 5.74) is 0.447. The Bertz CT molecular complexity index is 698. The Hall–Kier alpha value is -2.14. The van der Waals surface area contributed by atoms with Crippen molar-refractivity contribution in [3.05, 3.63) is 48.0 Å². The van der Waals surface area contributed by atoms with E-state index in [0.29, 0.717) is 36.0 Å². The average Bonchev–Trinajstić information content (AvgIpc) is 3.09. The van der Waals surface area contributed by atoms with E-state index in [9.17, 15) is 9.18 Å². The second-order valence-electron chi connectivity index (χ2n) is 6.21. The van der Waals surface area contributed by atoms with E-state index in [1.807, 2.05) is 18.0 Å². The molecule has 1 fully saturated rings. The molecule has 1 aromatic carbocycles. The molecule has 0 radical (unpaired) electrons. The fraction of sp³-hybridized carbons (Fsp3) is 0.421. The summed E-state index contributed by atoms with van der Waals surface area (Å²) < 4.78 is 19.5. The highest BCUT2D eigenvalue weighted by atomic mass is 19.1. The lowest BCUT2D eigenvalue weighted by Gasteiger charge is -2.32. The van der Waals surface area contributed by atoms with Crippen molar-refractivity contribution >= 4 is 5.91 Å². The van der Waals surface area contributed by atoms with Crippen LogP contribution in [0.15, 0.2) is 40.8 Å². The molecule has 1 aliphatic heterocycles. The fourth-order valence-electron chi connectivity index (χ4n) is 3.15. The largest absolute Gasteiger partial charge is 0.461 e. The number of rotatable bonds is 5. The number of hydrogen-bond acceptors (Lipinski definition) is 3. The van der Waals surface area contributed by atoms with Crippen LogP contribution in [0.2, 0.25) is 0 Å². The number of benzene rings is 1. The highest BCUT2D eigenvalue weighted by Gasteiger charge is 2.22. The summed E-state index contributed by atoms with van der Waals surface area (Å²) in [7, 11) is 1.94. The van der Waals surface area contributed by atoms with Gasteiger partial charge in [0.05, 0.1) is 5.56 Å². The number of likely N-dealkylation sites (tertiary alicyclic amines) is 1. The number of furan rings is 1. The van der Waals surface area contributed by atoms with Crippen LogP contribution in [0.4, 0.5) is 4.39 Å². The summed E-state index contributed by atoms with van der Waals surface area (Å²) >= 11 is 0. The van der Waals surface area contributed by atoms with Crippen LogP contribution in [0.3, 0.4) is 0 Å². The molecular weight excluding hydrogens is 307 g/mol. The van der Waals surface area contributed by atoms with E-state index in [1.165, 1.54) is 6.07 Å². The molecule has 1 aromatic heterocycles. The molecule has 2 heterocycles. The lowest BCUT2D eigenvalue weighted by atomic mass is 10.1. The summed E-state index contributed by atoms with van der Waals surface area (Å²) in [6.07, 6.45) is 3.11. The molecule has 2 aromatic rings. The molecule has 3 rings (SSSR count). The van der Waals surface area contributed by atoms with Crippen molar-refractivity contribution in [1.29, 1.82) is 0 Å². The van der Waals surface area contributed by atoms with Gasteiger partial charge >= 0.3 is 0 Å². The first-order chi connectivity index (χ1) is 11.7. The van der Waals surface area contributed by atoms with Crippen LogP contribution >= 0.6 is 0 Å². The maximum absolute atomic E-state index is 13.8. The Kier molecular flexibility index (Phi) is 5.30. The number of carbonyl (C=O) groups excluding carboxylic acids is 1. The zero-order valence-electron chi connectivity index (χ0n) is 13.9. The van der Waals surface area contributed by atoms with Gasteiger partial charge in [0.15, 0.2) is 0 Å². The zero-order valence-corrected chi connectivity index (χ0v) is 13.9. The molecule has 24 heavy (non-hydrogen) atoms. The minimum atomic E-state index is -0.305. The average molecular weight is 330 g/mol. The predicted octanol–water partition coefficient (Wildman–Crippen LogP) is 3.23. The van der Waals surface area contributed by atoms with E-state index in [2.05, 4.69) is 5.32 Å². The molecule has 1 atom stereocenters. The van der Waals surface area contributed by atoms with Crippen LogP contribution in [-0.2, 0) is 11.2 Å². The molecule has 1 unspecified atom stereocenters. The van der Waals surface area contributed by atoms with Gasteiger partial charge in [-0.05, 0) is 44.2 Å². The standard InChI is InChI=1S/C19H23FN2O2/c1-21-14-5-4-12-22(13-14)19(23)11-9-15-8-10-18(24-15)16-6-2-3-7-17(16)20/h2-3,6-8,10,14,21H,4-5,9,11-13H2,1H3. The van der Waals surface area contributed by atoms with Crippen molar-refractivity contribution < 1.29 is 13.6 Å². The first kappa shape index (κ1) is 16.7. The Morgan fingerprint density at radius 1 is 1.33 bits per heavy atom. The highest BCUT2D eigenvalue weighted by molar-refractivity contribution is 5.76. The minimum Gasteiger partial charge on any atom is -0.461 e. The minimum absolute atomic E-state index is 0.152. The van der Waals surface area contributed by atoms with E-state index in [-0.39, 0.29) is 11.7 Å². The fourth-order valence-corrected chi connectivity index (χ4v) is 3.15. The van der Waals surface area contributed by atoms with Crippen LogP contribution in [-0.4, -0.2) is 37.0 Å². The third-order valence-corrected chi connectivity index (χ3v) is 4.57. The van der Waals surface area contributed by atoms with Crippen LogP contribution in [0.25, 0.3) is 11.3 Å². The van der Waals surface area contributed by atoms with Gasteiger partial charge in [0.1, 0.15) is 17.3 Å². The van der Waals surface area contributed by atoms with Crippen LogP contribution in [0.1, 0.15) is 25.0 Å². The number of nitrogens with zero attached hydrogens (tertiary/aromatic N) is 1. The number of likely N-dealkylation sites (N-methyl/N-ethyl adjacent to an activating group) is 1. The van der Waals surface area contributed by atoms with Crippen molar-refractivity contribution in [3.63, 3.8) is 0 Å². The van der Waals surface area contributed by atoms with E-state index in [4.69, 9.17) is 4.42 Å². The number of carbonyl (C=O) groups is 1. The van der Waals surface area contributed by atoms with Gasteiger partial charge < -0.3 is 14.6 Å². The van der Waals surface area contributed by atoms with Gasteiger partial charge in [-0.1, -0.05) is 12.1 Å². The smallest absolute Gasteiger partial charge is 0.223 e. The second-order valence-corrected chi connectivity index (χ2v) is 6.21. The van der Waals surface area contributed by atoms with E-state index < -0.39 is 0 Å². The first-order valence-electron chi connectivity index (χ1n) is 8.46. The zero-order chi connectivity index (χ0) is 16.9.